The molecule has 2 heterocycles. The van der Waals surface area contributed by atoms with Crippen LogP contribution in [0.15, 0.2) is 24.7 Å². The zero-order chi connectivity index (χ0) is 12.4. The summed E-state index contributed by atoms with van der Waals surface area (Å²) in [5, 5.41) is 0. The third-order valence-electron chi connectivity index (χ3n) is 2.77. The summed E-state index contributed by atoms with van der Waals surface area (Å²) >= 11 is 0. The maximum absolute atomic E-state index is 5.84. The molecular weight excluding hydrogens is 212 g/mol. The molecule has 2 aromatic heterocycles. The van der Waals surface area contributed by atoms with Crippen molar-refractivity contribution in [1.82, 2.24) is 15.0 Å². The van der Waals surface area contributed by atoms with Gasteiger partial charge < -0.3 is 5.73 Å². The molecule has 0 amide bonds. The third kappa shape index (κ3) is 2.31. The highest BCUT2D eigenvalue weighted by atomic mass is 14.9. The van der Waals surface area contributed by atoms with E-state index in [1.165, 1.54) is 0 Å². The lowest BCUT2D eigenvalue weighted by Crippen LogP contribution is -2.09. The Hall–Kier alpha value is -1.81. The van der Waals surface area contributed by atoms with Gasteiger partial charge in [0, 0.05) is 41.5 Å². The summed E-state index contributed by atoms with van der Waals surface area (Å²) in [4.78, 5) is 12.9. The van der Waals surface area contributed by atoms with E-state index in [2.05, 4.69) is 15.0 Å². The van der Waals surface area contributed by atoms with Crippen LogP contribution in [-0.2, 0) is 0 Å². The molecule has 88 valence electrons. The second-order valence-electron chi connectivity index (χ2n) is 4.21. The lowest BCUT2D eigenvalue weighted by Gasteiger charge is -2.10. The summed E-state index contributed by atoms with van der Waals surface area (Å²) in [6.45, 7) is 5.89. The molecule has 0 saturated carbocycles. The predicted molar refractivity (Wildman–Crippen MR) is 67.3 cm³/mol. The van der Waals surface area contributed by atoms with E-state index < -0.39 is 0 Å². The summed E-state index contributed by atoms with van der Waals surface area (Å²) in [6.07, 6.45) is 5.37. The summed E-state index contributed by atoms with van der Waals surface area (Å²) < 4.78 is 0. The highest BCUT2D eigenvalue weighted by Crippen LogP contribution is 2.20. The molecule has 1 atom stereocenters. The van der Waals surface area contributed by atoms with Crippen molar-refractivity contribution in [2.75, 3.05) is 0 Å². The number of nitrogens with zero attached hydrogens (tertiary/aromatic N) is 3. The monoisotopic (exact) mass is 228 g/mol. The van der Waals surface area contributed by atoms with Gasteiger partial charge in [0.25, 0.3) is 0 Å². The van der Waals surface area contributed by atoms with Gasteiger partial charge in [-0.05, 0) is 32.4 Å². The smallest absolute Gasteiger partial charge is 0.159 e. The summed E-state index contributed by atoms with van der Waals surface area (Å²) in [5.41, 5.74) is 9.84. The first-order valence-electron chi connectivity index (χ1n) is 5.59. The Bertz CT molecular complexity index is 535. The van der Waals surface area contributed by atoms with Gasteiger partial charge in [-0.1, -0.05) is 0 Å². The van der Waals surface area contributed by atoms with E-state index >= 15 is 0 Å². The van der Waals surface area contributed by atoms with Gasteiger partial charge in [0.1, 0.15) is 0 Å². The number of pyridine rings is 1. The highest BCUT2D eigenvalue weighted by Gasteiger charge is 2.09. The largest absolute Gasteiger partial charge is 0.324 e. The van der Waals surface area contributed by atoms with Crippen molar-refractivity contribution in [2.24, 2.45) is 5.73 Å². The van der Waals surface area contributed by atoms with Crippen molar-refractivity contribution in [3.63, 3.8) is 0 Å². The molecule has 4 nitrogen and oxygen atoms in total. The van der Waals surface area contributed by atoms with Gasteiger partial charge in [-0.25, -0.2) is 9.97 Å². The molecule has 0 aliphatic heterocycles. The quantitative estimate of drug-likeness (QED) is 0.855. The number of rotatable bonds is 2. The normalized spacial score (nSPS) is 12.5. The fraction of sp³-hybridized carbons (Fsp3) is 0.308. The Morgan fingerprint density at radius 2 is 2.00 bits per heavy atom. The van der Waals surface area contributed by atoms with Crippen LogP contribution in [0, 0.1) is 13.8 Å². The number of hydrogen-bond acceptors (Lipinski definition) is 4. The molecule has 17 heavy (non-hydrogen) atoms. The Morgan fingerprint density at radius 1 is 1.24 bits per heavy atom. The van der Waals surface area contributed by atoms with Crippen LogP contribution in [0.2, 0.25) is 0 Å². The molecule has 0 fully saturated rings. The minimum Gasteiger partial charge on any atom is -0.324 e. The van der Waals surface area contributed by atoms with Gasteiger partial charge >= 0.3 is 0 Å². The molecule has 0 radical (unpaired) electrons. The second-order valence-corrected chi connectivity index (χ2v) is 4.21. The average molecular weight is 228 g/mol. The Balaban J connectivity index is 2.49. The third-order valence-corrected chi connectivity index (χ3v) is 2.77. The van der Waals surface area contributed by atoms with E-state index in [0.29, 0.717) is 0 Å². The van der Waals surface area contributed by atoms with Crippen molar-refractivity contribution in [3.05, 3.63) is 41.5 Å². The van der Waals surface area contributed by atoms with Crippen molar-refractivity contribution >= 4 is 0 Å². The summed E-state index contributed by atoms with van der Waals surface area (Å²) in [6, 6.07) is 1.89. The standard InChI is InChI=1S/C13H16N4/c1-8-6-15-5-4-11(8)13-16-7-12(9(2)14)10(3)17-13/h4-7,9H,14H2,1-3H3/t9-/m1/s1. The van der Waals surface area contributed by atoms with Crippen LogP contribution in [0.4, 0.5) is 0 Å². The first kappa shape index (κ1) is 11.7. The maximum Gasteiger partial charge on any atom is 0.159 e. The first-order valence-corrected chi connectivity index (χ1v) is 5.59. The van der Waals surface area contributed by atoms with E-state index in [1.54, 1.807) is 6.20 Å². The van der Waals surface area contributed by atoms with Gasteiger partial charge in [0.2, 0.25) is 0 Å². The first-order chi connectivity index (χ1) is 8.09. The van der Waals surface area contributed by atoms with Crippen molar-refractivity contribution in [2.45, 2.75) is 26.8 Å². The zero-order valence-electron chi connectivity index (χ0n) is 10.3. The topological polar surface area (TPSA) is 64.7 Å². The van der Waals surface area contributed by atoms with E-state index in [-0.39, 0.29) is 6.04 Å². The molecule has 0 unspecified atom stereocenters. The van der Waals surface area contributed by atoms with E-state index in [0.717, 1.165) is 28.2 Å². The van der Waals surface area contributed by atoms with Crippen LogP contribution in [0.3, 0.4) is 0 Å². The SMILES string of the molecule is Cc1cnccc1-c1ncc([C@@H](C)N)c(C)n1. The zero-order valence-corrected chi connectivity index (χ0v) is 10.3. The van der Waals surface area contributed by atoms with E-state index in [9.17, 15) is 0 Å². The minimum absolute atomic E-state index is 0.0393. The molecule has 0 saturated heterocycles. The summed E-state index contributed by atoms with van der Waals surface area (Å²) in [5.74, 6) is 0.729. The second kappa shape index (κ2) is 4.59. The van der Waals surface area contributed by atoms with Crippen molar-refractivity contribution in [1.29, 1.82) is 0 Å². The molecule has 0 aliphatic rings. The van der Waals surface area contributed by atoms with Crippen LogP contribution in [0.5, 0.6) is 0 Å². The number of hydrogen-bond donors (Lipinski definition) is 1. The van der Waals surface area contributed by atoms with Crippen LogP contribution >= 0.6 is 0 Å². The molecule has 2 N–H and O–H groups in total. The van der Waals surface area contributed by atoms with Crippen LogP contribution in [0.25, 0.3) is 11.4 Å². The molecule has 4 heteroatoms. The van der Waals surface area contributed by atoms with Crippen LogP contribution in [-0.4, -0.2) is 15.0 Å². The van der Waals surface area contributed by atoms with Gasteiger partial charge in [0.05, 0.1) is 0 Å². The number of aryl methyl sites for hydroxylation is 2. The molecule has 0 aromatic carbocycles. The van der Waals surface area contributed by atoms with Crippen molar-refractivity contribution in [3.8, 4) is 11.4 Å². The molecular formula is C13H16N4. The Labute approximate surface area is 101 Å². The van der Waals surface area contributed by atoms with Gasteiger partial charge in [-0.15, -0.1) is 0 Å². The lowest BCUT2D eigenvalue weighted by atomic mass is 10.1. The molecule has 2 aromatic rings. The van der Waals surface area contributed by atoms with Gasteiger partial charge in [-0.2, -0.15) is 0 Å². The predicted octanol–water partition coefficient (Wildman–Crippen LogP) is 2.18. The van der Waals surface area contributed by atoms with Crippen molar-refractivity contribution < 1.29 is 0 Å². The highest BCUT2D eigenvalue weighted by molar-refractivity contribution is 5.58. The molecule has 0 bridgehead atoms. The van der Waals surface area contributed by atoms with Gasteiger partial charge in [0.15, 0.2) is 5.82 Å². The maximum atomic E-state index is 5.84. The Morgan fingerprint density at radius 3 is 2.59 bits per heavy atom. The fourth-order valence-electron chi connectivity index (χ4n) is 1.78. The molecule has 0 aliphatic carbocycles. The number of aromatic nitrogens is 3. The average Bonchev–Trinajstić information content (AvgIpc) is 2.29. The fourth-order valence-corrected chi connectivity index (χ4v) is 1.78. The van der Waals surface area contributed by atoms with Crippen LogP contribution in [0.1, 0.15) is 29.8 Å². The Kier molecular flexibility index (Phi) is 3.15. The van der Waals surface area contributed by atoms with Gasteiger partial charge in [-0.3, -0.25) is 4.98 Å². The molecule has 0 spiro atoms. The van der Waals surface area contributed by atoms with E-state index in [1.807, 2.05) is 39.2 Å². The van der Waals surface area contributed by atoms with E-state index in [4.69, 9.17) is 5.73 Å². The number of nitrogens with two attached hydrogens (primary N) is 1. The molecule has 2 rings (SSSR count). The summed E-state index contributed by atoms with van der Waals surface area (Å²) in [7, 11) is 0. The minimum atomic E-state index is -0.0393. The lowest BCUT2D eigenvalue weighted by molar-refractivity contribution is 0.790. The van der Waals surface area contributed by atoms with Crippen LogP contribution < -0.4 is 5.73 Å².